The number of hydrogen-bond acceptors (Lipinski definition) is 4. The van der Waals surface area contributed by atoms with Crippen molar-refractivity contribution in [1.82, 2.24) is 5.32 Å². The molecule has 2 N–H and O–H groups in total. The number of benzene rings is 3. The van der Waals surface area contributed by atoms with Gasteiger partial charge in [0.2, 0.25) is 0 Å². The average Bonchev–Trinajstić information content (AvgIpc) is 2.75. The number of halogens is 1. The predicted molar refractivity (Wildman–Crippen MR) is 112 cm³/mol. The molecule has 1 heterocycles. The van der Waals surface area contributed by atoms with Gasteiger partial charge in [0, 0.05) is 28.6 Å². The number of carbonyl (C=O) groups is 2. The van der Waals surface area contributed by atoms with E-state index < -0.39 is 11.8 Å². The lowest BCUT2D eigenvalue weighted by Gasteiger charge is -2.19. The third kappa shape index (κ3) is 3.69. The van der Waals surface area contributed by atoms with Gasteiger partial charge in [0.1, 0.15) is 5.82 Å². The Bertz CT molecular complexity index is 1220. The van der Waals surface area contributed by atoms with Crippen LogP contribution in [0.2, 0.25) is 0 Å². The summed E-state index contributed by atoms with van der Waals surface area (Å²) in [6, 6.07) is 20.5. The molecule has 4 rings (SSSR count). The average molecular weight is 397 g/mol. The number of imide groups is 1. The Hall–Kier alpha value is -4.24. The van der Waals surface area contributed by atoms with Gasteiger partial charge in [-0.2, -0.15) is 5.26 Å². The Balaban J connectivity index is 1.72. The summed E-state index contributed by atoms with van der Waals surface area (Å²) in [6.45, 7) is 0. The molecule has 2 amide bonds. The van der Waals surface area contributed by atoms with Crippen LogP contribution in [0, 0.1) is 17.1 Å². The molecule has 0 saturated carbocycles. The maximum atomic E-state index is 14.2. The maximum Gasteiger partial charge on any atom is 0.260 e. The summed E-state index contributed by atoms with van der Waals surface area (Å²) in [6.07, 6.45) is 1.84. The van der Waals surface area contributed by atoms with Gasteiger partial charge in [-0.25, -0.2) is 4.39 Å². The normalized spacial score (nSPS) is 14.1. The lowest BCUT2D eigenvalue weighted by atomic mass is 9.91. The van der Waals surface area contributed by atoms with E-state index in [0.29, 0.717) is 28.7 Å². The van der Waals surface area contributed by atoms with Crippen LogP contribution in [0.25, 0.3) is 16.7 Å². The molecule has 0 spiro atoms. The SMILES string of the molecule is N#CCc1ccc(N/C=C2\C(=O)NC(=O)c3ccc(-c4ccccc4F)cc32)cc1. The second-order valence-corrected chi connectivity index (χ2v) is 6.76. The highest BCUT2D eigenvalue weighted by Crippen LogP contribution is 2.31. The molecule has 146 valence electrons. The van der Waals surface area contributed by atoms with E-state index in [0.717, 1.165) is 11.3 Å². The largest absolute Gasteiger partial charge is 0.361 e. The minimum atomic E-state index is -0.535. The van der Waals surface area contributed by atoms with E-state index in [9.17, 15) is 14.0 Å². The first kappa shape index (κ1) is 19.1. The zero-order valence-electron chi connectivity index (χ0n) is 15.8. The van der Waals surface area contributed by atoms with E-state index in [-0.39, 0.29) is 11.4 Å². The van der Waals surface area contributed by atoms with Crippen molar-refractivity contribution in [1.29, 1.82) is 5.26 Å². The lowest BCUT2D eigenvalue weighted by molar-refractivity contribution is -0.114. The Labute approximate surface area is 172 Å². The molecule has 0 aliphatic carbocycles. The molecule has 3 aromatic rings. The summed E-state index contributed by atoms with van der Waals surface area (Å²) in [5, 5.41) is 14.1. The van der Waals surface area contributed by atoms with Gasteiger partial charge < -0.3 is 5.32 Å². The Morgan fingerprint density at radius 2 is 1.70 bits per heavy atom. The van der Waals surface area contributed by atoms with E-state index in [1.54, 1.807) is 48.5 Å². The summed E-state index contributed by atoms with van der Waals surface area (Å²) in [4.78, 5) is 24.7. The molecule has 5 nitrogen and oxygen atoms in total. The zero-order chi connectivity index (χ0) is 21.1. The summed E-state index contributed by atoms with van der Waals surface area (Å²) in [7, 11) is 0. The van der Waals surface area contributed by atoms with E-state index >= 15 is 0 Å². The Morgan fingerprint density at radius 1 is 0.933 bits per heavy atom. The number of carbonyl (C=O) groups excluding carboxylic acids is 2. The van der Waals surface area contributed by atoms with Crippen LogP contribution in [0.3, 0.4) is 0 Å². The van der Waals surface area contributed by atoms with Crippen LogP contribution in [0.15, 0.2) is 72.9 Å². The first-order valence-corrected chi connectivity index (χ1v) is 9.24. The number of rotatable bonds is 4. The van der Waals surface area contributed by atoms with Gasteiger partial charge in [0.15, 0.2) is 0 Å². The van der Waals surface area contributed by atoms with Crippen LogP contribution in [0.5, 0.6) is 0 Å². The first-order valence-electron chi connectivity index (χ1n) is 9.24. The number of hydrogen-bond donors (Lipinski definition) is 2. The minimum Gasteiger partial charge on any atom is -0.361 e. The number of anilines is 1. The van der Waals surface area contributed by atoms with Crippen molar-refractivity contribution in [3.05, 3.63) is 95.4 Å². The number of nitriles is 1. The summed E-state index contributed by atoms with van der Waals surface area (Å²) in [5.41, 5.74) is 3.60. The van der Waals surface area contributed by atoms with Crippen molar-refractivity contribution in [2.75, 3.05) is 5.32 Å². The number of fused-ring (bicyclic) bond motifs is 1. The number of nitrogens with zero attached hydrogens (tertiary/aromatic N) is 1. The van der Waals surface area contributed by atoms with Crippen LogP contribution in [-0.2, 0) is 11.2 Å². The Kier molecular flexibility index (Phi) is 5.10. The standard InChI is InChI=1S/C24H16FN3O2/c25-22-4-2-1-3-18(22)16-7-10-19-20(13-16)21(24(30)28-23(19)29)14-27-17-8-5-15(6-9-17)11-12-26/h1-10,13-14,27H,11H2,(H,28,29,30)/b21-14-. The van der Waals surface area contributed by atoms with Crippen molar-refractivity contribution >= 4 is 23.1 Å². The second-order valence-electron chi connectivity index (χ2n) is 6.76. The summed E-state index contributed by atoms with van der Waals surface area (Å²) < 4.78 is 14.2. The monoisotopic (exact) mass is 397 g/mol. The van der Waals surface area contributed by atoms with Gasteiger partial charge in [-0.15, -0.1) is 0 Å². The molecule has 1 aliphatic rings. The van der Waals surface area contributed by atoms with Crippen molar-refractivity contribution in [3.63, 3.8) is 0 Å². The molecule has 6 heteroatoms. The molecular formula is C24H16FN3O2. The van der Waals surface area contributed by atoms with Gasteiger partial charge in [-0.1, -0.05) is 36.4 Å². The lowest BCUT2D eigenvalue weighted by Crippen LogP contribution is -2.36. The molecule has 0 aromatic heterocycles. The smallest absolute Gasteiger partial charge is 0.260 e. The number of nitrogens with one attached hydrogen (secondary N) is 2. The predicted octanol–water partition coefficient (Wildman–Crippen LogP) is 4.28. The van der Waals surface area contributed by atoms with Crippen LogP contribution in [-0.4, -0.2) is 11.8 Å². The fourth-order valence-corrected chi connectivity index (χ4v) is 3.30. The molecular weight excluding hydrogens is 381 g/mol. The van der Waals surface area contributed by atoms with Crippen molar-refractivity contribution in [2.24, 2.45) is 0 Å². The van der Waals surface area contributed by atoms with Crippen LogP contribution in [0.1, 0.15) is 21.5 Å². The molecule has 0 atom stereocenters. The third-order valence-corrected chi connectivity index (χ3v) is 4.83. The molecule has 0 saturated heterocycles. The topological polar surface area (TPSA) is 82.0 Å². The van der Waals surface area contributed by atoms with Crippen molar-refractivity contribution in [2.45, 2.75) is 6.42 Å². The number of amides is 2. The van der Waals surface area contributed by atoms with Crippen LogP contribution in [0.4, 0.5) is 10.1 Å². The van der Waals surface area contributed by atoms with Gasteiger partial charge in [-0.05, 0) is 41.5 Å². The molecule has 0 unspecified atom stereocenters. The van der Waals surface area contributed by atoms with Crippen molar-refractivity contribution < 1.29 is 14.0 Å². The zero-order valence-corrected chi connectivity index (χ0v) is 15.8. The minimum absolute atomic E-state index is 0.267. The van der Waals surface area contributed by atoms with Crippen LogP contribution < -0.4 is 10.6 Å². The fraction of sp³-hybridized carbons (Fsp3) is 0.0417. The van der Waals surface area contributed by atoms with E-state index in [4.69, 9.17) is 5.26 Å². The van der Waals surface area contributed by atoms with E-state index in [1.165, 1.54) is 12.3 Å². The van der Waals surface area contributed by atoms with E-state index in [2.05, 4.69) is 16.7 Å². The molecule has 1 aliphatic heterocycles. The molecule has 0 radical (unpaired) electrons. The van der Waals surface area contributed by atoms with Gasteiger partial charge >= 0.3 is 0 Å². The molecule has 30 heavy (non-hydrogen) atoms. The molecule has 0 fully saturated rings. The summed E-state index contributed by atoms with van der Waals surface area (Å²) >= 11 is 0. The van der Waals surface area contributed by atoms with Gasteiger partial charge in [-0.3, -0.25) is 14.9 Å². The highest BCUT2D eigenvalue weighted by molar-refractivity contribution is 6.31. The maximum absolute atomic E-state index is 14.2. The molecule has 3 aromatic carbocycles. The van der Waals surface area contributed by atoms with Gasteiger partial charge in [0.05, 0.1) is 18.1 Å². The highest BCUT2D eigenvalue weighted by atomic mass is 19.1. The van der Waals surface area contributed by atoms with Crippen molar-refractivity contribution in [3.8, 4) is 17.2 Å². The van der Waals surface area contributed by atoms with Gasteiger partial charge in [0.25, 0.3) is 11.8 Å². The first-order chi connectivity index (χ1) is 14.6. The second kappa shape index (κ2) is 8.02. The van der Waals surface area contributed by atoms with Crippen LogP contribution >= 0.6 is 0 Å². The fourth-order valence-electron chi connectivity index (χ4n) is 3.30. The molecule has 0 bridgehead atoms. The Morgan fingerprint density at radius 3 is 2.43 bits per heavy atom. The summed E-state index contributed by atoms with van der Waals surface area (Å²) in [5.74, 6) is -1.41. The third-order valence-electron chi connectivity index (χ3n) is 4.83. The highest BCUT2D eigenvalue weighted by Gasteiger charge is 2.27. The van der Waals surface area contributed by atoms with E-state index in [1.807, 2.05) is 12.1 Å². The quantitative estimate of drug-likeness (QED) is 0.509.